The van der Waals surface area contributed by atoms with E-state index in [1.165, 1.54) is 6.07 Å². The number of aliphatic imine (C=N–C) groups is 2. The summed E-state index contributed by atoms with van der Waals surface area (Å²) in [6.45, 7) is 9.87. The van der Waals surface area contributed by atoms with Gasteiger partial charge in [0.1, 0.15) is 23.3 Å². The molecule has 1 unspecified atom stereocenters. The van der Waals surface area contributed by atoms with Crippen LogP contribution in [-0.4, -0.2) is 65.6 Å². The highest BCUT2D eigenvalue weighted by atomic mass is 19.1. The maximum atomic E-state index is 14.3. The first-order valence-electron chi connectivity index (χ1n) is 12.4. The number of pyridine rings is 1. The van der Waals surface area contributed by atoms with Crippen LogP contribution in [-0.2, 0) is 0 Å². The van der Waals surface area contributed by atoms with Gasteiger partial charge in [-0.1, -0.05) is 19.9 Å². The minimum absolute atomic E-state index is 0.0528. The number of allylic oxidation sites excluding steroid dienone is 1. The molecule has 36 heavy (non-hydrogen) atoms. The van der Waals surface area contributed by atoms with Crippen molar-refractivity contribution >= 4 is 29.1 Å². The molecule has 0 bridgehead atoms. The largest absolute Gasteiger partial charge is 0.354 e. The van der Waals surface area contributed by atoms with Gasteiger partial charge in [0.05, 0.1) is 11.3 Å². The van der Waals surface area contributed by atoms with E-state index in [4.69, 9.17) is 9.98 Å². The third-order valence-electron chi connectivity index (χ3n) is 6.44. The Hall–Kier alpha value is -3.59. The Balaban J connectivity index is 1.58. The van der Waals surface area contributed by atoms with Gasteiger partial charge in [0.25, 0.3) is 5.91 Å². The zero-order valence-corrected chi connectivity index (χ0v) is 21.4. The summed E-state index contributed by atoms with van der Waals surface area (Å²) in [7, 11) is 2.14. The molecule has 8 nitrogen and oxygen atoms in total. The number of rotatable bonds is 5. The first-order valence-corrected chi connectivity index (χ1v) is 12.4. The molecule has 2 N–H and O–H groups in total. The number of aryl methyl sites for hydroxylation is 1. The number of carbonyl (C=O) groups is 1. The number of halogens is 1. The fraction of sp³-hybridized carbons (Fsp3) is 0.407. The highest BCUT2D eigenvalue weighted by Crippen LogP contribution is 2.23. The molecule has 190 valence electrons. The molecular weight excluding hydrogens is 457 g/mol. The molecule has 4 rings (SSSR count). The number of anilines is 1. The van der Waals surface area contributed by atoms with Crippen molar-refractivity contribution in [3.8, 4) is 0 Å². The molecule has 0 radical (unpaired) electrons. The van der Waals surface area contributed by atoms with Gasteiger partial charge in [0.2, 0.25) is 0 Å². The Morgan fingerprint density at radius 1 is 1.25 bits per heavy atom. The number of aromatic nitrogens is 1. The van der Waals surface area contributed by atoms with Gasteiger partial charge in [-0.25, -0.2) is 19.4 Å². The predicted molar refractivity (Wildman–Crippen MR) is 142 cm³/mol. The first-order chi connectivity index (χ1) is 17.3. The highest BCUT2D eigenvalue weighted by Gasteiger charge is 2.22. The molecule has 2 aliphatic heterocycles. The van der Waals surface area contributed by atoms with Crippen molar-refractivity contribution < 1.29 is 9.18 Å². The van der Waals surface area contributed by atoms with Crippen molar-refractivity contribution in [2.24, 2.45) is 15.9 Å². The number of amides is 1. The van der Waals surface area contributed by atoms with E-state index in [2.05, 4.69) is 45.5 Å². The molecule has 0 spiro atoms. The van der Waals surface area contributed by atoms with Crippen LogP contribution in [0.1, 0.15) is 42.6 Å². The van der Waals surface area contributed by atoms with Crippen LogP contribution in [0.15, 0.2) is 58.4 Å². The van der Waals surface area contributed by atoms with E-state index in [-0.39, 0.29) is 23.0 Å². The standard InChI is InChI=1S/C27H34FN7O/c1-5-23-31-24(35-15-13-34(4)14-16-35)11-9-19(3)25(32-23)33-26-20(7-6-12-29-26)27(36)30-22-10-8-18(2)17-21(22)28/h6-8,10-12,17,19H,5,9,13-16H2,1-4H3,(H,30,36)(H,29,31,32,33)/b24-11-. The second-order valence-electron chi connectivity index (χ2n) is 9.34. The number of nitrogens with zero attached hydrogens (tertiary/aromatic N) is 5. The summed E-state index contributed by atoms with van der Waals surface area (Å²) in [5.74, 6) is 1.88. The monoisotopic (exact) mass is 491 g/mol. The molecule has 1 aromatic carbocycles. The average molecular weight is 492 g/mol. The maximum absolute atomic E-state index is 14.3. The van der Waals surface area contributed by atoms with Crippen molar-refractivity contribution in [2.45, 2.75) is 33.6 Å². The van der Waals surface area contributed by atoms with Crippen LogP contribution in [0, 0.1) is 18.7 Å². The summed E-state index contributed by atoms with van der Waals surface area (Å²) in [6, 6.07) is 8.00. The summed E-state index contributed by atoms with van der Waals surface area (Å²) >= 11 is 0. The van der Waals surface area contributed by atoms with E-state index in [1.807, 2.05) is 6.92 Å². The summed E-state index contributed by atoms with van der Waals surface area (Å²) < 4.78 is 14.3. The number of benzene rings is 1. The molecule has 1 atom stereocenters. The summed E-state index contributed by atoms with van der Waals surface area (Å²) in [5, 5.41) is 6.05. The Morgan fingerprint density at radius 2 is 2.03 bits per heavy atom. The molecule has 0 saturated carbocycles. The van der Waals surface area contributed by atoms with E-state index >= 15 is 0 Å². The van der Waals surface area contributed by atoms with Crippen LogP contribution >= 0.6 is 0 Å². The fourth-order valence-electron chi connectivity index (χ4n) is 4.11. The van der Waals surface area contributed by atoms with Crippen LogP contribution < -0.4 is 10.6 Å². The van der Waals surface area contributed by atoms with Crippen molar-refractivity contribution in [3.05, 3.63) is 65.4 Å². The van der Waals surface area contributed by atoms with Gasteiger partial charge in [-0.15, -0.1) is 0 Å². The number of carbonyl (C=O) groups excluding carboxylic acids is 1. The summed E-state index contributed by atoms with van der Waals surface area (Å²) in [6.07, 6.45) is 5.22. The Morgan fingerprint density at radius 3 is 2.75 bits per heavy atom. The van der Waals surface area contributed by atoms with Crippen LogP contribution in [0.3, 0.4) is 0 Å². The Bertz CT molecular complexity index is 1200. The lowest BCUT2D eigenvalue weighted by molar-refractivity contribution is 0.102. The quantitative estimate of drug-likeness (QED) is 0.650. The number of amidine groups is 2. The second-order valence-corrected chi connectivity index (χ2v) is 9.34. The average Bonchev–Trinajstić information content (AvgIpc) is 2.86. The zero-order chi connectivity index (χ0) is 25.7. The van der Waals surface area contributed by atoms with E-state index in [0.717, 1.165) is 49.8 Å². The van der Waals surface area contributed by atoms with Gasteiger partial charge in [0, 0.05) is 44.7 Å². The molecule has 0 aliphatic carbocycles. The molecule has 1 amide bonds. The topological polar surface area (TPSA) is 85.2 Å². The van der Waals surface area contributed by atoms with Crippen molar-refractivity contribution in [1.29, 1.82) is 0 Å². The normalized spacial score (nSPS) is 23.1. The van der Waals surface area contributed by atoms with Gasteiger partial charge < -0.3 is 20.4 Å². The van der Waals surface area contributed by atoms with E-state index in [0.29, 0.717) is 12.3 Å². The van der Waals surface area contributed by atoms with Gasteiger partial charge in [-0.05, 0) is 56.3 Å². The summed E-state index contributed by atoms with van der Waals surface area (Å²) in [5.41, 5.74) is 1.17. The molecule has 1 saturated heterocycles. The number of hydrogen-bond acceptors (Lipinski definition) is 6. The second kappa shape index (κ2) is 11.4. The maximum Gasteiger partial charge on any atom is 0.259 e. The fourth-order valence-corrected chi connectivity index (χ4v) is 4.11. The number of hydrogen-bond donors (Lipinski definition) is 2. The minimum Gasteiger partial charge on any atom is -0.354 e. The van der Waals surface area contributed by atoms with Crippen LogP contribution in [0.2, 0.25) is 0 Å². The van der Waals surface area contributed by atoms with Gasteiger partial charge in [-0.3, -0.25) is 4.79 Å². The van der Waals surface area contributed by atoms with Gasteiger partial charge in [-0.2, -0.15) is 0 Å². The van der Waals surface area contributed by atoms with Gasteiger partial charge in [0.15, 0.2) is 5.82 Å². The number of likely N-dealkylation sites (N-methyl/N-ethyl adjacent to an activating group) is 1. The van der Waals surface area contributed by atoms with Crippen LogP contribution in [0.5, 0.6) is 0 Å². The predicted octanol–water partition coefficient (Wildman–Crippen LogP) is 4.34. The molecule has 2 aromatic rings. The van der Waals surface area contributed by atoms with Crippen LogP contribution in [0.25, 0.3) is 0 Å². The SMILES string of the molecule is CC/C1=N/C(N2CCN(C)CC2)=C/CC(C)/C(=N/c2ncccc2C(=O)Nc2ccc(C)cc2F)N1. The zero-order valence-electron chi connectivity index (χ0n) is 21.4. The first kappa shape index (κ1) is 25.5. The Labute approximate surface area is 212 Å². The lowest BCUT2D eigenvalue weighted by Gasteiger charge is -2.35. The number of nitrogens with one attached hydrogen (secondary N) is 2. The van der Waals surface area contributed by atoms with E-state index in [1.54, 1.807) is 37.4 Å². The lowest BCUT2D eigenvalue weighted by atomic mass is 10.0. The van der Waals surface area contributed by atoms with Crippen molar-refractivity contribution in [1.82, 2.24) is 20.1 Å². The lowest BCUT2D eigenvalue weighted by Crippen LogP contribution is -2.44. The van der Waals surface area contributed by atoms with Crippen molar-refractivity contribution in [2.75, 3.05) is 38.5 Å². The minimum atomic E-state index is -0.484. The van der Waals surface area contributed by atoms with E-state index in [9.17, 15) is 9.18 Å². The van der Waals surface area contributed by atoms with Gasteiger partial charge >= 0.3 is 0 Å². The number of piperazine rings is 1. The molecule has 2 aliphatic rings. The third kappa shape index (κ3) is 6.15. The third-order valence-corrected chi connectivity index (χ3v) is 6.44. The van der Waals surface area contributed by atoms with Crippen molar-refractivity contribution in [3.63, 3.8) is 0 Å². The van der Waals surface area contributed by atoms with E-state index < -0.39 is 11.7 Å². The molecular formula is C27H34FN7O. The molecule has 1 fully saturated rings. The molecule has 1 aromatic heterocycles. The summed E-state index contributed by atoms with van der Waals surface area (Å²) in [4.78, 5) is 31.7. The molecule has 9 heteroatoms. The highest BCUT2D eigenvalue weighted by molar-refractivity contribution is 6.08. The Kier molecular flexibility index (Phi) is 8.10. The van der Waals surface area contributed by atoms with Crippen LogP contribution in [0.4, 0.5) is 15.9 Å². The smallest absolute Gasteiger partial charge is 0.259 e. The molecule has 3 heterocycles.